The highest BCUT2D eigenvalue weighted by Crippen LogP contribution is 2.13. The van der Waals surface area contributed by atoms with Crippen LogP contribution in [0.5, 0.6) is 0 Å². The van der Waals surface area contributed by atoms with Crippen molar-refractivity contribution in [2.75, 3.05) is 18.6 Å². The molecule has 1 aromatic carbocycles. The summed E-state index contributed by atoms with van der Waals surface area (Å²) in [4.78, 5) is 21.8. The molecule has 6 heteroatoms. The third-order valence-electron chi connectivity index (χ3n) is 1.84. The number of aliphatic hydroxyl groups is 1. The van der Waals surface area contributed by atoms with Gasteiger partial charge in [-0.05, 0) is 12.1 Å². The summed E-state index contributed by atoms with van der Waals surface area (Å²) in [5.41, 5.74) is 0.741. The Balaban J connectivity index is 2.77. The smallest absolute Gasteiger partial charge is 0.322 e. The average molecular weight is 224 g/mol. The fourth-order valence-corrected chi connectivity index (χ4v) is 1.17. The second-order valence-corrected chi connectivity index (χ2v) is 2.96. The zero-order chi connectivity index (χ0) is 12.0. The number of aliphatic carboxylic acids is 1. The SMILES string of the molecule is O=C(O)CNC(=O)c1ccccc1NCO. The van der Waals surface area contributed by atoms with E-state index in [1.165, 1.54) is 6.07 Å². The number of rotatable bonds is 5. The van der Waals surface area contributed by atoms with Crippen molar-refractivity contribution in [3.8, 4) is 0 Å². The summed E-state index contributed by atoms with van der Waals surface area (Å²) in [5, 5.41) is 21.9. The fourth-order valence-electron chi connectivity index (χ4n) is 1.17. The number of carboxylic acid groups (broad SMARTS) is 1. The Morgan fingerprint density at radius 2 is 1.94 bits per heavy atom. The van der Waals surface area contributed by atoms with Crippen LogP contribution in [-0.4, -0.2) is 35.4 Å². The molecule has 0 aliphatic heterocycles. The normalized spacial score (nSPS) is 9.56. The highest BCUT2D eigenvalue weighted by Gasteiger charge is 2.10. The number of hydrogen-bond acceptors (Lipinski definition) is 4. The first-order valence-electron chi connectivity index (χ1n) is 4.59. The van der Waals surface area contributed by atoms with Crippen LogP contribution in [0.3, 0.4) is 0 Å². The molecule has 1 rings (SSSR count). The molecule has 0 aliphatic carbocycles. The van der Waals surface area contributed by atoms with E-state index < -0.39 is 18.4 Å². The summed E-state index contributed by atoms with van der Waals surface area (Å²) in [6, 6.07) is 6.51. The molecule has 0 unspecified atom stereocenters. The van der Waals surface area contributed by atoms with Crippen molar-refractivity contribution in [1.82, 2.24) is 5.32 Å². The number of benzene rings is 1. The largest absolute Gasteiger partial charge is 0.480 e. The standard InChI is InChI=1S/C10H12N2O4/c13-6-12-8-4-2-1-3-7(8)10(16)11-5-9(14)15/h1-4,12-13H,5-6H2,(H,11,16)(H,14,15). The van der Waals surface area contributed by atoms with Gasteiger partial charge in [0.05, 0.1) is 5.56 Å². The van der Waals surface area contributed by atoms with Crippen molar-refractivity contribution < 1.29 is 19.8 Å². The second-order valence-electron chi connectivity index (χ2n) is 2.96. The molecule has 0 saturated carbocycles. The number of carbonyl (C=O) groups excluding carboxylic acids is 1. The summed E-state index contributed by atoms with van der Waals surface area (Å²) >= 11 is 0. The molecular weight excluding hydrogens is 212 g/mol. The molecule has 0 saturated heterocycles. The van der Waals surface area contributed by atoms with Crippen LogP contribution in [0, 0.1) is 0 Å². The molecule has 0 bridgehead atoms. The summed E-state index contributed by atoms with van der Waals surface area (Å²) in [6.07, 6.45) is 0. The Morgan fingerprint density at radius 1 is 1.25 bits per heavy atom. The van der Waals surface area contributed by atoms with Crippen molar-refractivity contribution in [2.24, 2.45) is 0 Å². The summed E-state index contributed by atoms with van der Waals surface area (Å²) < 4.78 is 0. The van der Waals surface area contributed by atoms with Gasteiger partial charge >= 0.3 is 5.97 Å². The minimum Gasteiger partial charge on any atom is -0.480 e. The monoisotopic (exact) mass is 224 g/mol. The Morgan fingerprint density at radius 3 is 2.56 bits per heavy atom. The molecule has 4 N–H and O–H groups in total. The number of nitrogens with one attached hydrogen (secondary N) is 2. The maximum absolute atomic E-state index is 11.5. The number of carboxylic acids is 1. The minimum atomic E-state index is -1.11. The van der Waals surface area contributed by atoms with Gasteiger partial charge in [0.2, 0.25) is 0 Å². The predicted molar refractivity (Wildman–Crippen MR) is 57.1 cm³/mol. The zero-order valence-corrected chi connectivity index (χ0v) is 8.43. The maximum atomic E-state index is 11.5. The van der Waals surface area contributed by atoms with Crippen LogP contribution in [0.2, 0.25) is 0 Å². The molecule has 0 fully saturated rings. The average Bonchev–Trinajstić information content (AvgIpc) is 2.27. The highest BCUT2D eigenvalue weighted by molar-refractivity contribution is 6.00. The number of carbonyl (C=O) groups is 2. The maximum Gasteiger partial charge on any atom is 0.322 e. The molecular formula is C10H12N2O4. The van der Waals surface area contributed by atoms with Crippen molar-refractivity contribution in [3.05, 3.63) is 29.8 Å². The van der Waals surface area contributed by atoms with Gasteiger partial charge in [-0.15, -0.1) is 0 Å². The first-order valence-corrected chi connectivity index (χ1v) is 4.59. The van der Waals surface area contributed by atoms with Gasteiger partial charge < -0.3 is 20.8 Å². The van der Waals surface area contributed by atoms with Crippen molar-refractivity contribution in [3.63, 3.8) is 0 Å². The van der Waals surface area contributed by atoms with E-state index >= 15 is 0 Å². The van der Waals surface area contributed by atoms with Crippen LogP contribution in [0.15, 0.2) is 24.3 Å². The van der Waals surface area contributed by atoms with Crippen molar-refractivity contribution in [1.29, 1.82) is 0 Å². The Labute approximate surface area is 91.9 Å². The number of para-hydroxylation sites is 1. The molecule has 0 spiro atoms. The van der Waals surface area contributed by atoms with Crippen LogP contribution in [-0.2, 0) is 4.79 Å². The van der Waals surface area contributed by atoms with Gasteiger partial charge in [-0.2, -0.15) is 0 Å². The lowest BCUT2D eigenvalue weighted by atomic mass is 10.1. The van der Waals surface area contributed by atoms with Crippen molar-refractivity contribution >= 4 is 17.6 Å². The first kappa shape index (κ1) is 12.0. The van der Waals surface area contributed by atoms with E-state index in [-0.39, 0.29) is 12.3 Å². The van der Waals surface area contributed by atoms with Gasteiger partial charge in [0.15, 0.2) is 0 Å². The van der Waals surface area contributed by atoms with Gasteiger partial charge in [-0.25, -0.2) is 0 Å². The van der Waals surface area contributed by atoms with Crippen LogP contribution in [0.25, 0.3) is 0 Å². The predicted octanol–water partition coefficient (Wildman–Crippen LogP) is -0.137. The van der Waals surface area contributed by atoms with E-state index in [4.69, 9.17) is 10.2 Å². The highest BCUT2D eigenvalue weighted by atomic mass is 16.4. The molecule has 1 aromatic rings. The van der Waals surface area contributed by atoms with Crippen LogP contribution in [0.1, 0.15) is 10.4 Å². The third-order valence-corrected chi connectivity index (χ3v) is 1.84. The lowest BCUT2D eigenvalue weighted by Crippen LogP contribution is -2.29. The van der Waals surface area contributed by atoms with Gasteiger partial charge in [0.1, 0.15) is 13.3 Å². The van der Waals surface area contributed by atoms with Crippen molar-refractivity contribution in [2.45, 2.75) is 0 Å². The van der Waals surface area contributed by atoms with E-state index in [0.717, 1.165) is 0 Å². The molecule has 86 valence electrons. The molecule has 0 radical (unpaired) electrons. The summed E-state index contributed by atoms with van der Waals surface area (Å²) in [7, 11) is 0. The topological polar surface area (TPSA) is 98.7 Å². The summed E-state index contributed by atoms with van der Waals surface area (Å²) in [5.74, 6) is -1.61. The second kappa shape index (κ2) is 5.72. The summed E-state index contributed by atoms with van der Waals surface area (Å²) in [6.45, 7) is -0.741. The van der Waals surface area contributed by atoms with Gasteiger partial charge in [-0.1, -0.05) is 12.1 Å². The van der Waals surface area contributed by atoms with E-state index in [1.807, 2.05) is 0 Å². The number of aliphatic hydroxyl groups excluding tert-OH is 1. The lowest BCUT2D eigenvalue weighted by molar-refractivity contribution is -0.135. The fraction of sp³-hybridized carbons (Fsp3) is 0.200. The van der Waals surface area contributed by atoms with Crippen LogP contribution in [0.4, 0.5) is 5.69 Å². The molecule has 0 aliphatic rings. The van der Waals surface area contributed by atoms with E-state index in [1.54, 1.807) is 18.2 Å². The zero-order valence-electron chi connectivity index (χ0n) is 8.43. The molecule has 16 heavy (non-hydrogen) atoms. The molecule has 0 aromatic heterocycles. The van der Waals surface area contributed by atoms with Crippen LogP contribution < -0.4 is 10.6 Å². The number of hydrogen-bond donors (Lipinski definition) is 4. The quantitative estimate of drug-likeness (QED) is 0.522. The van der Waals surface area contributed by atoms with Crippen LogP contribution >= 0.6 is 0 Å². The Hall–Kier alpha value is -2.08. The van der Waals surface area contributed by atoms with Gasteiger partial charge in [-0.3, -0.25) is 9.59 Å². The lowest BCUT2D eigenvalue weighted by Gasteiger charge is -2.09. The van der Waals surface area contributed by atoms with Gasteiger partial charge in [0, 0.05) is 5.69 Å². The first-order chi connectivity index (χ1) is 7.65. The third kappa shape index (κ3) is 3.25. The molecule has 0 atom stereocenters. The Kier molecular flexibility index (Phi) is 4.28. The number of anilines is 1. The Bertz CT molecular complexity index is 392. The molecule has 0 heterocycles. The van der Waals surface area contributed by atoms with E-state index in [2.05, 4.69) is 10.6 Å². The minimum absolute atomic E-state index is 0.290. The molecule has 1 amide bonds. The van der Waals surface area contributed by atoms with E-state index in [9.17, 15) is 9.59 Å². The molecule has 6 nitrogen and oxygen atoms in total. The van der Waals surface area contributed by atoms with E-state index in [0.29, 0.717) is 5.69 Å². The van der Waals surface area contributed by atoms with Gasteiger partial charge in [0.25, 0.3) is 5.91 Å². The number of amides is 1.